The van der Waals surface area contributed by atoms with Crippen molar-refractivity contribution in [2.75, 3.05) is 26.2 Å². The molecule has 0 radical (unpaired) electrons. The van der Waals surface area contributed by atoms with Gasteiger partial charge in [-0.1, -0.05) is 11.6 Å². The molecular formula is C20H21ClN4O2. The second-order valence-corrected chi connectivity index (χ2v) is 7.28. The van der Waals surface area contributed by atoms with Gasteiger partial charge in [0.25, 0.3) is 0 Å². The maximum Gasteiger partial charge on any atom is 0.325 e. The number of carboxylic acids is 1. The van der Waals surface area contributed by atoms with Crippen molar-refractivity contribution < 1.29 is 9.90 Å². The van der Waals surface area contributed by atoms with Gasteiger partial charge in [0, 0.05) is 72.8 Å². The number of benzene rings is 1. The lowest BCUT2D eigenvalue weighted by Crippen LogP contribution is -2.48. The lowest BCUT2D eigenvalue weighted by Gasteiger charge is -2.37. The van der Waals surface area contributed by atoms with Crippen LogP contribution in [0.5, 0.6) is 0 Å². The zero-order valence-electron chi connectivity index (χ0n) is 14.8. The van der Waals surface area contributed by atoms with Crippen molar-refractivity contribution in [2.45, 2.75) is 12.6 Å². The number of carboxylic acid groups (broad SMARTS) is 1. The molecule has 0 bridgehead atoms. The van der Waals surface area contributed by atoms with Gasteiger partial charge in [-0.05, 0) is 35.9 Å². The number of nitrogens with one attached hydrogen (secondary N) is 1. The Hall–Kier alpha value is -2.41. The van der Waals surface area contributed by atoms with Crippen molar-refractivity contribution in [3.63, 3.8) is 0 Å². The van der Waals surface area contributed by atoms with Gasteiger partial charge in [0.1, 0.15) is 6.04 Å². The molecule has 7 heteroatoms. The van der Waals surface area contributed by atoms with Gasteiger partial charge in [0.2, 0.25) is 0 Å². The van der Waals surface area contributed by atoms with Gasteiger partial charge >= 0.3 is 5.97 Å². The van der Waals surface area contributed by atoms with E-state index >= 15 is 0 Å². The van der Waals surface area contributed by atoms with Gasteiger partial charge in [-0.2, -0.15) is 0 Å². The van der Waals surface area contributed by atoms with Gasteiger partial charge in [0.15, 0.2) is 0 Å². The predicted molar refractivity (Wildman–Crippen MR) is 105 cm³/mol. The summed E-state index contributed by atoms with van der Waals surface area (Å²) in [5.74, 6) is -0.835. The van der Waals surface area contributed by atoms with Gasteiger partial charge in [-0.3, -0.25) is 19.6 Å². The van der Waals surface area contributed by atoms with E-state index in [0.717, 1.165) is 36.1 Å². The van der Waals surface area contributed by atoms with Gasteiger partial charge < -0.3 is 10.1 Å². The average Bonchev–Trinajstić information content (AvgIpc) is 3.07. The number of carbonyl (C=O) groups is 1. The maximum absolute atomic E-state index is 12.1. The third-order valence-corrected chi connectivity index (χ3v) is 5.37. The van der Waals surface area contributed by atoms with Crippen LogP contribution in [-0.4, -0.2) is 57.0 Å². The smallest absolute Gasteiger partial charge is 0.325 e. The number of aromatic nitrogens is 2. The van der Waals surface area contributed by atoms with Crippen molar-refractivity contribution in [2.24, 2.45) is 0 Å². The topological polar surface area (TPSA) is 72.5 Å². The Morgan fingerprint density at radius 1 is 1.19 bits per heavy atom. The molecule has 27 heavy (non-hydrogen) atoms. The van der Waals surface area contributed by atoms with Crippen LogP contribution in [0.1, 0.15) is 17.2 Å². The fraction of sp³-hybridized carbons (Fsp3) is 0.300. The Balaban J connectivity index is 1.50. The standard InChI is InChI=1S/C20H21ClN4O2/c21-15-1-2-18-16(11-15)17(12-23-18)19(20(26)27)25-9-7-24(8-10-25)13-14-3-5-22-6-4-14/h1-6,11-12,19,23H,7-10,13H2,(H,26,27). The molecule has 1 atom stereocenters. The SMILES string of the molecule is O=C(O)C(c1c[nH]c2ccc(Cl)cc12)N1CCN(Cc2ccncc2)CC1. The summed E-state index contributed by atoms with van der Waals surface area (Å²) in [7, 11) is 0. The molecule has 6 nitrogen and oxygen atoms in total. The van der Waals surface area contributed by atoms with E-state index < -0.39 is 12.0 Å². The normalized spacial score (nSPS) is 17.2. The minimum absolute atomic E-state index is 0.606. The Morgan fingerprint density at radius 3 is 2.63 bits per heavy atom. The lowest BCUT2D eigenvalue weighted by molar-refractivity contribution is -0.144. The molecule has 1 fully saturated rings. The van der Waals surface area contributed by atoms with E-state index in [2.05, 4.69) is 14.9 Å². The molecule has 140 valence electrons. The number of H-pyrrole nitrogens is 1. The van der Waals surface area contributed by atoms with E-state index in [-0.39, 0.29) is 0 Å². The van der Waals surface area contributed by atoms with Gasteiger partial charge in [0.05, 0.1) is 0 Å². The van der Waals surface area contributed by atoms with Crippen LogP contribution >= 0.6 is 11.6 Å². The van der Waals surface area contributed by atoms with Crippen LogP contribution in [0.3, 0.4) is 0 Å². The van der Waals surface area contributed by atoms with E-state index in [1.165, 1.54) is 5.56 Å². The number of halogens is 1. The number of hydrogen-bond acceptors (Lipinski definition) is 4. The molecule has 1 saturated heterocycles. The molecule has 3 heterocycles. The first-order valence-electron chi connectivity index (χ1n) is 8.96. The van der Waals surface area contributed by atoms with Crippen LogP contribution in [0.25, 0.3) is 10.9 Å². The Labute approximate surface area is 162 Å². The van der Waals surface area contributed by atoms with E-state index in [1.807, 2.05) is 29.2 Å². The quantitative estimate of drug-likeness (QED) is 0.707. The summed E-state index contributed by atoms with van der Waals surface area (Å²) in [4.78, 5) is 23.7. The molecule has 1 unspecified atom stereocenters. The van der Waals surface area contributed by atoms with Crippen LogP contribution < -0.4 is 0 Å². The molecule has 2 N–H and O–H groups in total. The Morgan fingerprint density at radius 2 is 1.93 bits per heavy atom. The number of fused-ring (bicyclic) bond motifs is 1. The summed E-state index contributed by atoms with van der Waals surface area (Å²) < 4.78 is 0. The number of aromatic amines is 1. The van der Waals surface area contributed by atoms with E-state index in [4.69, 9.17) is 11.6 Å². The third-order valence-electron chi connectivity index (χ3n) is 5.13. The van der Waals surface area contributed by atoms with E-state index in [1.54, 1.807) is 24.7 Å². The molecule has 4 rings (SSSR count). The molecule has 1 aromatic carbocycles. The largest absolute Gasteiger partial charge is 0.480 e. The van der Waals surface area contributed by atoms with Gasteiger partial charge in [-0.15, -0.1) is 0 Å². The molecule has 1 aliphatic rings. The predicted octanol–water partition coefficient (Wildman–Crippen LogP) is 3.16. The number of aliphatic carboxylic acids is 1. The summed E-state index contributed by atoms with van der Waals surface area (Å²) in [6.45, 7) is 3.92. The minimum Gasteiger partial charge on any atom is -0.480 e. The van der Waals surface area contributed by atoms with Crippen molar-refractivity contribution >= 4 is 28.5 Å². The minimum atomic E-state index is -0.835. The second-order valence-electron chi connectivity index (χ2n) is 6.84. The number of piperazine rings is 1. The van der Waals surface area contributed by atoms with Crippen molar-refractivity contribution in [3.05, 3.63) is 65.1 Å². The fourth-order valence-corrected chi connectivity index (χ4v) is 3.92. The molecule has 1 aliphatic heterocycles. The monoisotopic (exact) mass is 384 g/mol. The summed E-state index contributed by atoms with van der Waals surface area (Å²) in [5.41, 5.74) is 2.89. The van der Waals surface area contributed by atoms with Crippen LogP contribution in [0.4, 0.5) is 0 Å². The average molecular weight is 385 g/mol. The number of hydrogen-bond donors (Lipinski definition) is 2. The first-order valence-corrected chi connectivity index (χ1v) is 9.34. The van der Waals surface area contributed by atoms with E-state index in [0.29, 0.717) is 18.1 Å². The summed E-state index contributed by atoms with van der Waals surface area (Å²) in [6.07, 6.45) is 5.39. The Kier molecular flexibility index (Phi) is 5.11. The van der Waals surface area contributed by atoms with Crippen molar-refractivity contribution in [1.82, 2.24) is 19.8 Å². The fourth-order valence-electron chi connectivity index (χ4n) is 3.75. The molecule has 0 saturated carbocycles. The zero-order chi connectivity index (χ0) is 18.8. The summed E-state index contributed by atoms with van der Waals surface area (Å²) in [5, 5.41) is 11.4. The molecular weight excluding hydrogens is 364 g/mol. The van der Waals surface area contributed by atoms with Crippen LogP contribution in [0, 0.1) is 0 Å². The molecule has 2 aromatic heterocycles. The number of rotatable bonds is 5. The van der Waals surface area contributed by atoms with Crippen LogP contribution in [0.15, 0.2) is 48.9 Å². The molecule has 0 aliphatic carbocycles. The second kappa shape index (κ2) is 7.68. The highest BCUT2D eigenvalue weighted by Crippen LogP contribution is 2.31. The van der Waals surface area contributed by atoms with Crippen molar-refractivity contribution in [3.8, 4) is 0 Å². The summed E-state index contributed by atoms with van der Waals surface area (Å²) >= 11 is 6.13. The summed E-state index contributed by atoms with van der Waals surface area (Å²) in [6, 6.07) is 8.87. The zero-order valence-corrected chi connectivity index (χ0v) is 15.6. The highest BCUT2D eigenvalue weighted by atomic mass is 35.5. The van der Waals surface area contributed by atoms with Gasteiger partial charge in [-0.25, -0.2) is 0 Å². The molecule has 0 amide bonds. The highest BCUT2D eigenvalue weighted by molar-refractivity contribution is 6.31. The highest BCUT2D eigenvalue weighted by Gasteiger charge is 2.32. The lowest BCUT2D eigenvalue weighted by atomic mass is 10.0. The first-order chi connectivity index (χ1) is 13.1. The number of nitrogens with zero attached hydrogens (tertiary/aromatic N) is 3. The third kappa shape index (κ3) is 3.83. The van der Waals surface area contributed by atoms with Crippen LogP contribution in [0.2, 0.25) is 5.02 Å². The first kappa shape index (κ1) is 18.0. The van der Waals surface area contributed by atoms with Crippen LogP contribution in [-0.2, 0) is 11.3 Å². The van der Waals surface area contributed by atoms with E-state index in [9.17, 15) is 9.90 Å². The molecule has 3 aromatic rings. The molecule has 0 spiro atoms. The number of pyridine rings is 1. The maximum atomic E-state index is 12.1. The Bertz CT molecular complexity index is 936. The van der Waals surface area contributed by atoms with Crippen molar-refractivity contribution in [1.29, 1.82) is 0 Å².